The highest BCUT2D eigenvalue weighted by Crippen LogP contribution is 2.58. The molecule has 0 fully saturated rings. The highest BCUT2D eigenvalue weighted by Gasteiger charge is 2.38. The molecule has 7 heteroatoms. The molecule has 2 aromatic rings. The molecule has 1 heterocycles. The van der Waals surface area contributed by atoms with Crippen molar-refractivity contribution in [2.75, 3.05) is 42.3 Å². The van der Waals surface area contributed by atoms with E-state index in [9.17, 15) is 0 Å². The Kier molecular flexibility index (Phi) is 5.79. The van der Waals surface area contributed by atoms with Gasteiger partial charge in [0.05, 0.1) is 34.5 Å². The van der Waals surface area contributed by atoms with Gasteiger partial charge in [0.15, 0.2) is 23.0 Å². The summed E-state index contributed by atoms with van der Waals surface area (Å²) in [6.45, 7) is 4.61. The van der Waals surface area contributed by atoms with E-state index in [0.717, 1.165) is 28.7 Å². The molecule has 0 N–H and O–H groups in total. The normalized spacial score (nSPS) is 21.5. The van der Waals surface area contributed by atoms with Gasteiger partial charge in [-0.15, -0.1) is 0 Å². The van der Waals surface area contributed by atoms with E-state index in [4.69, 9.17) is 33.2 Å². The maximum Gasteiger partial charge on any atom is 0.231 e. The van der Waals surface area contributed by atoms with Crippen molar-refractivity contribution in [3.63, 3.8) is 0 Å². The fourth-order valence-corrected chi connectivity index (χ4v) is 4.81. The summed E-state index contributed by atoms with van der Waals surface area (Å²) >= 11 is 0. The Labute approximate surface area is 183 Å². The molecule has 0 radical (unpaired) electrons. The molecule has 0 aromatic heterocycles. The zero-order chi connectivity index (χ0) is 22.3. The van der Waals surface area contributed by atoms with Crippen LogP contribution in [-0.2, 0) is 11.2 Å². The van der Waals surface area contributed by atoms with Crippen LogP contribution in [0.3, 0.4) is 0 Å². The second-order valence-corrected chi connectivity index (χ2v) is 7.98. The summed E-state index contributed by atoms with van der Waals surface area (Å²) in [6.07, 6.45) is 0.641. The Morgan fingerprint density at radius 2 is 1.52 bits per heavy atom. The van der Waals surface area contributed by atoms with E-state index in [-0.39, 0.29) is 18.8 Å². The molecule has 0 spiro atoms. The lowest BCUT2D eigenvalue weighted by Gasteiger charge is -2.35. The lowest BCUT2D eigenvalue weighted by molar-refractivity contribution is 0.0361. The van der Waals surface area contributed by atoms with Crippen LogP contribution in [0.2, 0.25) is 0 Å². The van der Waals surface area contributed by atoms with Gasteiger partial charge in [0.2, 0.25) is 18.3 Å². The maximum atomic E-state index is 6.04. The molecular weight excluding hydrogens is 400 g/mol. The zero-order valence-corrected chi connectivity index (χ0v) is 19.2. The predicted octanol–water partition coefficient (Wildman–Crippen LogP) is 4.63. The summed E-state index contributed by atoms with van der Waals surface area (Å²) in [7, 11) is 8.23. The average molecular weight is 430 g/mol. The third-order valence-electron chi connectivity index (χ3n) is 6.49. The summed E-state index contributed by atoms with van der Waals surface area (Å²) in [5.74, 6) is 4.15. The average Bonchev–Trinajstić information content (AvgIpc) is 3.25. The Bertz CT molecular complexity index is 985. The molecule has 1 aliphatic carbocycles. The summed E-state index contributed by atoms with van der Waals surface area (Å²) < 4.78 is 40.7. The van der Waals surface area contributed by atoms with Gasteiger partial charge in [0.25, 0.3) is 0 Å². The van der Waals surface area contributed by atoms with E-state index in [1.54, 1.807) is 35.5 Å². The third kappa shape index (κ3) is 3.22. The summed E-state index contributed by atoms with van der Waals surface area (Å²) in [5, 5.41) is 0. The molecule has 0 saturated carbocycles. The second kappa shape index (κ2) is 8.38. The highest BCUT2D eigenvalue weighted by atomic mass is 16.7. The lowest BCUT2D eigenvalue weighted by Crippen LogP contribution is -2.24. The Hall–Kier alpha value is -2.80. The molecule has 0 unspecified atom stereocenters. The number of benzene rings is 2. The van der Waals surface area contributed by atoms with E-state index in [2.05, 4.69) is 19.9 Å². The van der Waals surface area contributed by atoms with Crippen LogP contribution < -0.4 is 28.4 Å². The molecule has 7 nitrogen and oxygen atoms in total. The SMILES string of the molecule is COc1cc2c(c(OC)c1OC)-c1c(cc3c(c1OC)OCO3)C[C@H](C)[C@H](C)[C@@H]2OC. The molecule has 0 saturated heterocycles. The molecule has 31 heavy (non-hydrogen) atoms. The van der Waals surface area contributed by atoms with Gasteiger partial charge in [-0.25, -0.2) is 0 Å². The maximum absolute atomic E-state index is 6.04. The van der Waals surface area contributed by atoms with Crippen LogP contribution in [0.1, 0.15) is 31.1 Å². The van der Waals surface area contributed by atoms with Crippen molar-refractivity contribution >= 4 is 0 Å². The summed E-state index contributed by atoms with van der Waals surface area (Å²) in [4.78, 5) is 0. The van der Waals surface area contributed by atoms with Gasteiger partial charge >= 0.3 is 0 Å². The number of hydrogen-bond acceptors (Lipinski definition) is 7. The Balaban J connectivity index is 2.17. The third-order valence-corrected chi connectivity index (χ3v) is 6.49. The molecule has 4 rings (SSSR count). The molecule has 3 atom stereocenters. The fraction of sp³-hybridized carbons (Fsp3) is 0.500. The van der Waals surface area contributed by atoms with Crippen LogP contribution in [0.5, 0.6) is 34.5 Å². The van der Waals surface area contributed by atoms with E-state index in [1.165, 1.54) is 0 Å². The van der Waals surface area contributed by atoms with Crippen molar-refractivity contribution in [3.05, 3.63) is 23.3 Å². The van der Waals surface area contributed by atoms with Gasteiger partial charge in [-0.3, -0.25) is 0 Å². The largest absolute Gasteiger partial charge is 0.493 e. The summed E-state index contributed by atoms with van der Waals surface area (Å²) in [5.41, 5.74) is 3.81. The van der Waals surface area contributed by atoms with Gasteiger partial charge in [-0.05, 0) is 41.5 Å². The first-order valence-electron chi connectivity index (χ1n) is 10.4. The van der Waals surface area contributed by atoms with E-state index in [1.807, 2.05) is 6.07 Å². The number of hydrogen-bond donors (Lipinski definition) is 0. The van der Waals surface area contributed by atoms with Gasteiger partial charge < -0.3 is 33.2 Å². The molecule has 2 aliphatic rings. The summed E-state index contributed by atoms with van der Waals surface area (Å²) in [6, 6.07) is 4.03. The Morgan fingerprint density at radius 3 is 2.13 bits per heavy atom. The molecule has 0 bridgehead atoms. The number of ether oxygens (including phenoxy) is 7. The van der Waals surface area contributed by atoms with Crippen molar-refractivity contribution < 1.29 is 33.2 Å². The first kappa shape index (κ1) is 21.4. The smallest absolute Gasteiger partial charge is 0.231 e. The van der Waals surface area contributed by atoms with Crippen LogP contribution in [0, 0.1) is 11.8 Å². The van der Waals surface area contributed by atoms with Crippen LogP contribution >= 0.6 is 0 Å². The van der Waals surface area contributed by atoms with E-state index < -0.39 is 0 Å². The van der Waals surface area contributed by atoms with Crippen molar-refractivity contribution in [2.45, 2.75) is 26.4 Å². The lowest BCUT2D eigenvalue weighted by atomic mass is 9.76. The first-order chi connectivity index (χ1) is 15.0. The van der Waals surface area contributed by atoms with E-state index >= 15 is 0 Å². The highest BCUT2D eigenvalue weighted by molar-refractivity contribution is 5.88. The standard InChI is InChI=1S/C24H30O7/c1-12-8-14-9-17-22(31-11-30-17)23(28-6)18(14)19-15(20(26-4)13(12)2)10-16(25-3)21(27-5)24(19)29-7/h9-10,12-13,20H,8,11H2,1-7H3/t12-,13-,20-/m0/s1. The van der Waals surface area contributed by atoms with Crippen molar-refractivity contribution in [2.24, 2.45) is 11.8 Å². The molecule has 1 aliphatic heterocycles. The number of fused-ring (bicyclic) bond motifs is 4. The monoisotopic (exact) mass is 430 g/mol. The minimum absolute atomic E-state index is 0.164. The van der Waals surface area contributed by atoms with Gasteiger partial charge in [0, 0.05) is 18.2 Å². The van der Waals surface area contributed by atoms with Crippen molar-refractivity contribution in [3.8, 4) is 45.6 Å². The minimum atomic E-state index is -0.179. The predicted molar refractivity (Wildman–Crippen MR) is 116 cm³/mol. The van der Waals surface area contributed by atoms with Crippen LogP contribution in [-0.4, -0.2) is 42.3 Å². The Morgan fingerprint density at radius 1 is 0.806 bits per heavy atom. The molecule has 2 aromatic carbocycles. The van der Waals surface area contributed by atoms with Crippen LogP contribution in [0.4, 0.5) is 0 Å². The van der Waals surface area contributed by atoms with Crippen LogP contribution in [0.15, 0.2) is 12.1 Å². The van der Waals surface area contributed by atoms with Gasteiger partial charge in [-0.2, -0.15) is 0 Å². The first-order valence-corrected chi connectivity index (χ1v) is 10.4. The minimum Gasteiger partial charge on any atom is -0.493 e. The number of rotatable bonds is 5. The van der Waals surface area contributed by atoms with Crippen molar-refractivity contribution in [1.29, 1.82) is 0 Å². The quantitative estimate of drug-likeness (QED) is 0.685. The number of methoxy groups -OCH3 is 5. The van der Waals surface area contributed by atoms with E-state index in [0.29, 0.717) is 40.4 Å². The fourth-order valence-electron chi connectivity index (χ4n) is 4.81. The van der Waals surface area contributed by atoms with Crippen LogP contribution in [0.25, 0.3) is 11.1 Å². The second-order valence-electron chi connectivity index (χ2n) is 7.98. The van der Waals surface area contributed by atoms with Gasteiger partial charge in [-0.1, -0.05) is 13.8 Å². The molecular formula is C24H30O7. The molecule has 168 valence electrons. The topological polar surface area (TPSA) is 64.6 Å². The molecule has 0 amide bonds. The van der Waals surface area contributed by atoms with Gasteiger partial charge in [0.1, 0.15) is 0 Å². The van der Waals surface area contributed by atoms with Crippen molar-refractivity contribution in [1.82, 2.24) is 0 Å². The zero-order valence-electron chi connectivity index (χ0n) is 19.2.